The van der Waals surface area contributed by atoms with E-state index in [4.69, 9.17) is 10.5 Å². The summed E-state index contributed by atoms with van der Waals surface area (Å²) in [6.07, 6.45) is 0.838. The first-order valence-corrected chi connectivity index (χ1v) is 7.08. The van der Waals surface area contributed by atoms with Gasteiger partial charge in [0.25, 0.3) is 0 Å². The van der Waals surface area contributed by atoms with Crippen molar-refractivity contribution in [2.45, 2.75) is 39.8 Å². The number of rotatable bonds is 5. The van der Waals surface area contributed by atoms with E-state index in [1.165, 1.54) is 22.3 Å². The molecule has 106 valence electrons. The van der Waals surface area contributed by atoms with Crippen LogP contribution >= 0.6 is 0 Å². The molecular weight excluding hydrogens is 246 g/mol. The summed E-state index contributed by atoms with van der Waals surface area (Å²) in [5.74, 6) is 0.941. The first-order valence-electron chi connectivity index (χ1n) is 7.08. The zero-order chi connectivity index (χ0) is 14.5. The fourth-order valence-electron chi connectivity index (χ4n) is 2.28. The third-order valence-corrected chi connectivity index (χ3v) is 3.40. The van der Waals surface area contributed by atoms with Gasteiger partial charge in [-0.25, -0.2) is 0 Å². The van der Waals surface area contributed by atoms with Gasteiger partial charge in [-0.2, -0.15) is 0 Å². The second-order valence-corrected chi connectivity index (χ2v) is 5.51. The molecule has 2 aromatic carbocycles. The van der Waals surface area contributed by atoms with Crippen LogP contribution in [0.1, 0.15) is 29.2 Å². The van der Waals surface area contributed by atoms with E-state index < -0.39 is 0 Å². The minimum atomic E-state index is 0.137. The molecule has 2 aromatic rings. The number of ether oxygens (including phenoxy) is 1. The summed E-state index contributed by atoms with van der Waals surface area (Å²) in [6, 6.07) is 14.7. The Labute approximate surface area is 121 Å². The maximum Gasteiger partial charge on any atom is 0.123 e. The van der Waals surface area contributed by atoms with Gasteiger partial charge in [-0.1, -0.05) is 42.0 Å². The molecule has 1 unspecified atom stereocenters. The zero-order valence-corrected chi connectivity index (χ0v) is 12.5. The van der Waals surface area contributed by atoms with Crippen LogP contribution in [0.3, 0.4) is 0 Å². The second-order valence-electron chi connectivity index (χ2n) is 5.51. The van der Waals surface area contributed by atoms with Gasteiger partial charge < -0.3 is 10.5 Å². The number of hydrogen-bond donors (Lipinski definition) is 1. The van der Waals surface area contributed by atoms with Gasteiger partial charge in [-0.3, -0.25) is 0 Å². The number of nitrogens with two attached hydrogens (primary N) is 1. The highest BCUT2D eigenvalue weighted by Gasteiger charge is 2.07. The highest BCUT2D eigenvalue weighted by molar-refractivity contribution is 5.38. The molecule has 0 amide bonds. The molecule has 2 N–H and O–H groups in total. The molecule has 0 bridgehead atoms. The van der Waals surface area contributed by atoms with Crippen LogP contribution in [-0.4, -0.2) is 6.04 Å². The van der Waals surface area contributed by atoms with Gasteiger partial charge in [-0.15, -0.1) is 0 Å². The largest absolute Gasteiger partial charge is 0.489 e. The minimum Gasteiger partial charge on any atom is -0.489 e. The zero-order valence-electron chi connectivity index (χ0n) is 12.5. The van der Waals surface area contributed by atoms with Crippen molar-refractivity contribution in [3.63, 3.8) is 0 Å². The fourth-order valence-corrected chi connectivity index (χ4v) is 2.28. The van der Waals surface area contributed by atoms with Gasteiger partial charge in [0.1, 0.15) is 12.4 Å². The van der Waals surface area contributed by atoms with Gasteiger partial charge in [0.2, 0.25) is 0 Å². The fraction of sp³-hybridized carbons (Fsp3) is 0.333. The van der Waals surface area contributed by atoms with Gasteiger partial charge in [0, 0.05) is 6.04 Å². The molecule has 0 fully saturated rings. The lowest BCUT2D eigenvalue weighted by molar-refractivity contribution is 0.301. The maximum absolute atomic E-state index is 6.00. The van der Waals surface area contributed by atoms with Crippen LogP contribution in [0.15, 0.2) is 42.5 Å². The quantitative estimate of drug-likeness (QED) is 0.896. The highest BCUT2D eigenvalue weighted by Crippen LogP contribution is 2.23. The van der Waals surface area contributed by atoms with Crippen molar-refractivity contribution in [2.75, 3.05) is 0 Å². The predicted molar refractivity (Wildman–Crippen MR) is 84.0 cm³/mol. The summed E-state index contributed by atoms with van der Waals surface area (Å²) in [6.45, 7) is 6.82. The van der Waals surface area contributed by atoms with E-state index in [1.807, 2.05) is 25.1 Å². The second kappa shape index (κ2) is 6.58. The molecule has 0 aromatic heterocycles. The third-order valence-electron chi connectivity index (χ3n) is 3.40. The Bertz CT molecular complexity index is 575. The Kier molecular flexibility index (Phi) is 4.80. The Morgan fingerprint density at radius 2 is 1.80 bits per heavy atom. The van der Waals surface area contributed by atoms with Crippen LogP contribution < -0.4 is 10.5 Å². The van der Waals surface area contributed by atoms with Crippen molar-refractivity contribution in [3.8, 4) is 5.75 Å². The molecular formula is C18H23NO. The molecule has 0 aliphatic heterocycles. The summed E-state index contributed by atoms with van der Waals surface area (Å²) in [4.78, 5) is 0. The lowest BCUT2D eigenvalue weighted by Crippen LogP contribution is -2.18. The molecule has 0 aliphatic carbocycles. The van der Waals surface area contributed by atoms with Crippen molar-refractivity contribution < 1.29 is 4.74 Å². The van der Waals surface area contributed by atoms with Crippen LogP contribution in [0.4, 0.5) is 0 Å². The van der Waals surface area contributed by atoms with Crippen LogP contribution in [0.2, 0.25) is 0 Å². The molecule has 2 rings (SSSR count). The Hall–Kier alpha value is -1.80. The molecule has 0 radical (unpaired) electrons. The summed E-state index contributed by atoms with van der Waals surface area (Å²) in [7, 11) is 0. The summed E-state index contributed by atoms with van der Waals surface area (Å²) in [5.41, 5.74) is 10.8. The first kappa shape index (κ1) is 14.6. The van der Waals surface area contributed by atoms with Crippen molar-refractivity contribution in [1.29, 1.82) is 0 Å². The Balaban J connectivity index is 2.15. The standard InChI is InChI=1S/C18H23NO/c1-13-8-9-18(17(10-13)11-15(3)19)20-12-16-7-5-4-6-14(16)2/h4-10,15H,11-12,19H2,1-3H3. The molecule has 0 spiro atoms. The molecule has 0 aliphatic rings. The van der Waals surface area contributed by atoms with E-state index >= 15 is 0 Å². The number of benzene rings is 2. The van der Waals surface area contributed by atoms with Crippen molar-refractivity contribution in [1.82, 2.24) is 0 Å². The van der Waals surface area contributed by atoms with Crippen LogP contribution in [0, 0.1) is 13.8 Å². The van der Waals surface area contributed by atoms with Crippen molar-refractivity contribution >= 4 is 0 Å². The summed E-state index contributed by atoms with van der Waals surface area (Å²) < 4.78 is 6.00. The molecule has 0 heterocycles. The topological polar surface area (TPSA) is 35.2 Å². The lowest BCUT2D eigenvalue weighted by atomic mass is 10.0. The van der Waals surface area contributed by atoms with E-state index in [1.54, 1.807) is 0 Å². The SMILES string of the molecule is Cc1ccc(OCc2ccccc2C)c(CC(C)N)c1. The number of hydrogen-bond acceptors (Lipinski definition) is 2. The third kappa shape index (κ3) is 3.84. The van der Waals surface area contributed by atoms with Gasteiger partial charge in [0.15, 0.2) is 0 Å². The van der Waals surface area contributed by atoms with Gasteiger partial charge in [0.05, 0.1) is 0 Å². The molecule has 0 saturated carbocycles. The first-order chi connectivity index (χ1) is 9.56. The monoisotopic (exact) mass is 269 g/mol. The summed E-state index contributed by atoms with van der Waals surface area (Å²) in [5, 5.41) is 0. The Morgan fingerprint density at radius 1 is 1.05 bits per heavy atom. The average Bonchev–Trinajstić information content (AvgIpc) is 2.39. The van der Waals surface area contributed by atoms with Crippen LogP contribution in [0.25, 0.3) is 0 Å². The van der Waals surface area contributed by atoms with Crippen molar-refractivity contribution in [2.24, 2.45) is 5.73 Å². The molecule has 2 nitrogen and oxygen atoms in total. The van der Waals surface area contributed by atoms with E-state index in [9.17, 15) is 0 Å². The normalized spacial score (nSPS) is 12.2. The molecule has 0 saturated heterocycles. The van der Waals surface area contributed by atoms with E-state index in [-0.39, 0.29) is 6.04 Å². The lowest BCUT2D eigenvalue weighted by Gasteiger charge is -2.15. The highest BCUT2D eigenvalue weighted by atomic mass is 16.5. The van der Waals surface area contributed by atoms with E-state index in [2.05, 4.69) is 38.1 Å². The van der Waals surface area contributed by atoms with Crippen LogP contribution in [-0.2, 0) is 13.0 Å². The molecule has 1 atom stereocenters. The van der Waals surface area contributed by atoms with E-state index in [0.717, 1.165) is 12.2 Å². The maximum atomic E-state index is 6.00. The average molecular weight is 269 g/mol. The van der Waals surface area contributed by atoms with E-state index in [0.29, 0.717) is 6.61 Å². The van der Waals surface area contributed by atoms with Crippen LogP contribution in [0.5, 0.6) is 5.75 Å². The van der Waals surface area contributed by atoms with Crippen molar-refractivity contribution in [3.05, 3.63) is 64.7 Å². The molecule has 20 heavy (non-hydrogen) atoms. The molecule has 2 heteroatoms. The number of aryl methyl sites for hydroxylation is 2. The van der Waals surface area contributed by atoms with Gasteiger partial charge >= 0.3 is 0 Å². The summed E-state index contributed by atoms with van der Waals surface area (Å²) >= 11 is 0. The smallest absolute Gasteiger partial charge is 0.123 e. The minimum absolute atomic E-state index is 0.137. The van der Waals surface area contributed by atoms with Gasteiger partial charge in [-0.05, 0) is 49.9 Å². The Morgan fingerprint density at radius 3 is 2.50 bits per heavy atom. The predicted octanol–water partition coefficient (Wildman–Crippen LogP) is 3.77.